The lowest BCUT2D eigenvalue weighted by atomic mass is 10.0. The van der Waals surface area contributed by atoms with E-state index in [9.17, 15) is 32.1 Å². The average Bonchev–Trinajstić information content (AvgIpc) is 3.03. The number of rotatable bonds is 9. The second-order valence-electron chi connectivity index (χ2n) is 9.76. The van der Waals surface area contributed by atoms with Gasteiger partial charge in [-0.1, -0.05) is 31.2 Å². The third-order valence-electron chi connectivity index (χ3n) is 7.11. The normalized spacial score (nSPS) is 16.3. The predicted molar refractivity (Wildman–Crippen MR) is 151 cm³/mol. The van der Waals surface area contributed by atoms with E-state index in [1.54, 1.807) is 4.90 Å². The van der Waals surface area contributed by atoms with Gasteiger partial charge in [0.2, 0.25) is 15.9 Å². The first-order valence-corrected chi connectivity index (χ1v) is 14.6. The highest BCUT2D eigenvalue weighted by atomic mass is 32.2. The highest BCUT2D eigenvalue weighted by Gasteiger charge is 2.41. The molecule has 5 rings (SSSR count). The molecule has 1 aliphatic rings. The van der Waals surface area contributed by atoms with Crippen LogP contribution in [0.4, 0.5) is 20.3 Å². The first-order chi connectivity index (χ1) is 20.5. The Bertz CT molecular complexity index is 1760. The van der Waals surface area contributed by atoms with Gasteiger partial charge in [-0.25, -0.2) is 37.1 Å². The highest BCUT2D eigenvalue weighted by molar-refractivity contribution is 7.89. The summed E-state index contributed by atoms with van der Waals surface area (Å²) in [6, 6.07) is 8.71. The van der Waals surface area contributed by atoms with Gasteiger partial charge in [-0.3, -0.25) is 14.9 Å². The second kappa shape index (κ2) is 11.9. The number of halogens is 2. The monoisotopic (exact) mass is 612 g/mol. The predicted octanol–water partition coefficient (Wildman–Crippen LogP) is 3.03. The number of piperazine rings is 1. The Morgan fingerprint density at radius 2 is 1.81 bits per heavy atom. The van der Waals surface area contributed by atoms with Gasteiger partial charge in [-0.05, 0) is 17.7 Å². The Labute approximate surface area is 244 Å². The maximum absolute atomic E-state index is 14.0. The molecule has 1 amide bonds. The van der Waals surface area contributed by atoms with Gasteiger partial charge in [-0.15, -0.1) is 0 Å². The number of alkyl halides is 2. The van der Waals surface area contributed by atoms with Gasteiger partial charge in [-0.2, -0.15) is 4.31 Å². The highest BCUT2D eigenvalue weighted by Crippen LogP contribution is 2.31. The summed E-state index contributed by atoms with van der Waals surface area (Å²) in [5.74, 6) is -3.23. The van der Waals surface area contributed by atoms with Crippen LogP contribution in [0.25, 0.3) is 11.2 Å². The van der Waals surface area contributed by atoms with Crippen LogP contribution in [0.5, 0.6) is 0 Å². The number of sulfonamides is 1. The van der Waals surface area contributed by atoms with Crippen LogP contribution in [0.15, 0.2) is 72.1 Å². The standard InChI is InChI=1S/C27H26F2N8O5S/c1-2-27(28,29)19-5-3-18(4-6-19)13-32-26(38)23-16-35(24-15-31-22-14-30-17-33-25(22)34-24)11-12-36(23)43(41,42)21-9-7-20(8-10-21)37(39)40/h3-10,14-15,17,23H,2,11-13,16H2,1H3,(H,32,38)/t23-/m1/s1. The number of fused-ring (bicyclic) bond motifs is 1. The zero-order valence-electron chi connectivity index (χ0n) is 22.8. The molecule has 0 saturated carbocycles. The van der Waals surface area contributed by atoms with Crippen molar-refractivity contribution in [2.75, 3.05) is 24.5 Å². The lowest BCUT2D eigenvalue weighted by molar-refractivity contribution is -0.384. The van der Waals surface area contributed by atoms with Crippen LogP contribution in [0.2, 0.25) is 0 Å². The maximum Gasteiger partial charge on any atom is 0.273 e. The number of anilines is 1. The van der Waals surface area contributed by atoms with E-state index in [0.717, 1.165) is 28.6 Å². The van der Waals surface area contributed by atoms with E-state index in [1.807, 2.05) is 0 Å². The molecule has 0 bridgehead atoms. The minimum atomic E-state index is -4.26. The summed E-state index contributed by atoms with van der Waals surface area (Å²) in [7, 11) is -4.26. The summed E-state index contributed by atoms with van der Waals surface area (Å²) < 4.78 is 56.4. The lowest BCUT2D eigenvalue weighted by Gasteiger charge is -2.40. The molecule has 0 spiro atoms. The van der Waals surface area contributed by atoms with Gasteiger partial charge in [0.15, 0.2) is 5.65 Å². The van der Waals surface area contributed by atoms with E-state index in [1.165, 1.54) is 49.9 Å². The number of carbonyl (C=O) groups excluding carboxylic acids is 1. The summed E-state index contributed by atoms with van der Waals surface area (Å²) in [6.07, 6.45) is 3.95. The molecule has 0 unspecified atom stereocenters. The fourth-order valence-corrected chi connectivity index (χ4v) is 6.21. The number of aromatic nitrogens is 4. The minimum absolute atomic E-state index is 0.0363. The van der Waals surface area contributed by atoms with Gasteiger partial charge >= 0.3 is 0 Å². The molecule has 1 saturated heterocycles. The molecule has 0 radical (unpaired) electrons. The zero-order valence-corrected chi connectivity index (χ0v) is 23.6. The third-order valence-corrected chi connectivity index (χ3v) is 9.03. The molecule has 43 heavy (non-hydrogen) atoms. The minimum Gasteiger partial charge on any atom is -0.352 e. The molecular weight excluding hydrogens is 586 g/mol. The van der Waals surface area contributed by atoms with Crippen molar-refractivity contribution in [3.63, 3.8) is 0 Å². The Morgan fingerprint density at radius 1 is 1.09 bits per heavy atom. The van der Waals surface area contributed by atoms with Gasteiger partial charge < -0.3 is 10.2 Å². The maximum atomic E-state index is 14.0. The van der Waals surface area contributed by atoms with Crippen LogP contribution in [-0.2, 0) is 27.3 Å². The molecule has 2 aromatic heterocycles. The van der Waals surface area contributed by atoms with Crippen molar-refractivity contribution in [1.82, 2.24) is 29.6 Å². The van der Waals surface area contributed by atoms with Crippen molar-refractivity contribution in [2.24, 2.45) is 0 Å². The van der Waals surface area contributed by atoms with Crippen molar-refractivity contribution in [3.05, 3.63) is 88.5 Å². The van der Waals surface area contributed by atoms with Crippen molar-refractivity contribution < 1.29 is 26.9 Å². The number of nitro benzene ring substituents is 1. The molecule has 16 heteroatoms. The molecule has 1 aliphatic heterocycles. The van der Waals surface area contributed by atoms with E-state index < -0.39 is 32.8 Å². The molecular formula is C27H26F2N8O5S. The number of nitrogens with one attached hydrogen (secondary N) is 1. The summed E-state index contributed by atoms with van der Waals surface area (Å²) in [4.78, 5) is 42.3. The van der Waals surface area contributed by atoms with E-state index in [2.05, 4.69) is 25.3 Å². The van der Waals surface area contributed by atoms with Crippen LogP contribution >= 0.6 is 0 Å². The quantitative estimate of drug-likeness (QED) is 0.219. The summed E-state index contributed by atoms with van der Waals surface area (Å²) in [5.41, 5.74) is 0.908. The molecule has 2 aromatic carbocycles. The first-order valence-electron chi connectivity index (χ1n) is 13.2. The Balaban J connectivity index is 1.41. The molecule has 224 valence electrons. The number of hydrogen-bond acceptors (Lipinski definition) is 10. The van der Waals surface area contributed by atoms with Gasteiger partial charge in [0, 0.05) is 50.3 Å². The fourth-order valence-electron chi connectivity index (χ4n) is 4.64. The molecule has 1 fully saturated rings. The summed E-state index contributed by atoms with van der Waals surface area (Å²) in [6.45, 7) is 1.31. The molecule has 4 aromatic rings. The number of amides is 1. The summed E-state index contributed by atoms with van der Waals surface area (Å²) in [5, 5.41) is 13.8. The average molecular weight is 613 g/mol. The summed E-state index contributed by atoms with van der Waals surface area (Å²) >= 11 is 0. The third kappa shape index (κ3) is 6.24. The van der Waals surface area contributed by atoms with Gasteiger partial charge in [0.05, 0.1) is 22.2 Å². The Kier molecular flexibility index (Phi) is 8.23. The van der Waals surface area contributed by atoms with Crippen molar-refractivity contribution in [1.29, 1.82) is 0 Å². The molecule has 1 N–H and O–H groups in total. The van der Waals surface area contributed by atoms with Crippen LogP contribution in [-0.4, -0.2) is 69.2 Å². The molecule has 3 heterocycles. The van der Waals surface area contributed by atoms with Crippen LogP contribution < -0.4 is 10.2 Å². The van der Waals surface area contributed by atoms with Crippen molar-refractivity contribution >= 4 is 38.6 Å². The van der Waals surface area contributed by atoms with Crippen molar-refractivity contribution in [3.8, 4) is 0 Å². The van der Waals surface area contributed by atoms with E-state index in [-0.39, 0.29) is 48.7 Å². The number of hydrogen-bond donors (Lipinski definition) is 1. The molecule has 0 aliphatic carbocycles. The zero-order chi connectivity index (χ0) is 30.8. The molecule has 13 nitrogen and oxygen atoms in total. The first kappa shape index (κ1) is 29.8. The second-order valence-corrected chi connectivity index (χ2v) is 11.7. The van der Waals surface area contributed by atoms with E-state index in [0.29, 0.717) is 22.5 Å². The SMILES string of the molecule is CCC(F)(F)c1ccc(CNC(=O)[C@H]2CN(c3cnc4cncnc4n3)CCN2S(=O)(=O)c2ccc([N+](=O)[O-])cc2)cc1. The largest absolute Gasteiger partial charge is 0.352 e. The van der Waals surface area contributed by atoms with Crippen molar-refractivity contribution in [2.45, 2.75) is 36.7 Å². The number of non-ortho nitro benzene ring substituents is 1. The smallest absolute Gasteiger partial charge is 0.273 e. The van der Waals surface area contributed by atoms with Gasteiger partial charge in [0.1, 0.15) is 23.7 Å². The molecule has 1 atom stereocenters. The Morgan fingerprint density at radius 3 is 2.49 bits per heavy atom. The van der Waals surface area contributed by atoms with Gasteiger partial charge in [0.25, 0.3) is 11.6 Å². The van der Waals surface area contributed by atoms with Crippen LogP contribution in [0.3, 0.4) is 0 Å². The van der Waals surface area contributed by atoms with E-state index >= 15 is 0 Å². The number of carbonyl (C=O) groups is 1. The Hall–Kier alpha value is -4.70. The number of benzene rings is 2. The fraction of sp³-hybridized carbons (Fsp3) is 0.296. The van der Waals surface area contributed by atoms with Crippen LogP contribution in [0.1, 0.15) is 24.5 Å². The topological polar surface area (TPSA) is 164 Å². The van der Waals surface area contributed by atoms with E-state index in [4.69, 9.17) is 0 Å². The van der Waals surface area contributed by atoms with Crippen LogP contribution in [0, 0.1) is 10.1 Å². The lowest BCUT2D eigenvalue weighted by Crippen LogP contribution is -2.60. The number of nitro groups is 1. The number of nitrogens with zero attached hydrogens (tertiary/aromatic N) is 7.